The highest BCUT2D eigenvalue weighted by molar-refractivity contribution is 5.92. The molecule has 9 heteroatoms. The van der Waals surface area contributed by atoms with E-state index in [-0.39, 0.29) is 11.9 Å². The topological polar surface area (TPSA) is 148 Å². The van der Waals surface area contributed by atoms with Crippen molar-refractivity contribution in [2.24, 2.45) is 16.5 Å². The molecule has 100 valence electrons. The van der Waals surface area contributed by atoms with E-state index in [9.17, 15) is 4.79 Å². The molecule has 0 saturated heterocycles. The number of tetrazole rings is 1. The lowest BCUT2D eigenvalue weighted by atomic mass is 10.1. The van der Waals surface area contributed by atoms with E-state index in [1.54, 1.807) is 6.92 Å². The maximum absolute atomic E-state index is 11.6. The van der Waals surface area contributed by atoms with Crippen molar-refractivity contribution in [3.8, 4) is 0 Å². The molecule has 0 aromatic carbocycles. The zero-order valence-corrected chi connectivity index (χ0v) is 10.3. The fourth-order valence-electron chi connectivity index (χ4n) is 1.28. The van der Waals surface area contributed by atoms with Crippen LogP contribution >= 0.6 is 0 Å². The summed E-state index contributed by atoms with van der Waals surface area (Å²) in [6.45, 7) is 2.39. The smallest absolute Gasteiger partial charge is 0.269 e. The van der Waals surface area contributed by atoms with Crippen molar-refractivity contribution < 1.29 is 4.79 Å². The van der Waals surface area contributed by atoms with Crippen molar-refractivity contribution in [2.45, 2.75) is 32.2 Å². The number of nitrogens with zero attached hydrogens (tertiary/aromatic N) is 4. The van der Waals surface area contributed by atoms with Gasteiger partial charge in [-0.15, -0.1) is 5.10 Å². The molecule has 0 spiro atoms. The molecular formula is C9H18N8O. The summed E-state index contributed by atoms with van der Waals surface area (Å²) < 4.78 is 0. The second kappa shape index (κ2) is 7.33. The van der Waals surface area contributed by atoms with Crippen LogP contribution in [0.5, 0.6) is 0 Å². The lowest BCUT2D eigenvalue weighted by molar-refractivity contribution is -0.117. The van der Waals surface area contributed by atoms with Gasteiger partial charge in [0.1, 0.15) is 0 Å². The van der Waals surface area contributed by atoms with Crippen molar-refractivity contribution in [2.75, 3.05) is 11.9 Å². The summed E-state index contributed by atoms with van der Waals surface area (Å²) in [5, 5.41) is 15.2. The number of hydrogen-bond donors (Lipinski definition) is 4. The van der Waals surface area contributed by atoms with Crippen molar-refractivity contribution >= 4 is 17.7 Å². The Hall–Kier alpha value is -2.03. The van der Waals surface area contributed by atoms with Gasteiger partial charge in [0, 0.05) is 6.54 Å². The fourth-order valence-corrected chi connectivity index (χ4v) is 1.28. The molecule has 1 amide bonds. The largest absolute Gasteiger partial charge is 0.388 e. The maximum Gasteiger partial charge on any atom is 0.269 e. The minimum Gasteiger partial charge on any atom is -0.388 e. The summed E-state index contributed by atoms with van der Waals surface area (Å²) in [4.78, 5) is 15.6. The van der Waals surface area contributed by atoms with Gasteiger partial charge in [0.25, 0.3) is 5.95 Å². The average molecular weight is 254 g/mol. The molecule has 0 bridgehead atoms. The summed E-state index contributed by atoms with van der Waals surface area (Å²) in [6, 6.07) is -0.591. The lowest BCUT2D eigenvalue weighted by Crippen LogP contribution is -2.35. The molecular weight excluding hydrogens is 236 g/mol. The number of unbranched alkanes of at least 4 members (excludes halogenated alkanes) is 1. The normalized spacial score (nSPS) is 13.3. The summed E-state index contributed by atoms with van der Waals surface area (Å²) >= 11 is 0. The van der Waals surface area contributed by atoms with Crippen LogP contribution in [-0.2, 0) is 4.79 Å². The van der Waals surface area contributed by atoms with Crippen molar-refractivity contribution in [1.29, 1.82) is 0 Å². The highest BCUT2D eigenvalue weighted by Crippen LogP contribution is 2.02. The van der Waals surface area contributed by atoms with Gasteiger partial charge >= 0.3 is 0 Å². The minimum atomic E-state index is -0.591. The number of amides is 1. The van der Waals surface area contributed by atoms with Crippen molar-refractivity contribution in [3.05, 3.63) is 0 Å². The van der Waals surface area contributed by atoms with Crippen LogP contribution < -0.4 is 16.8 Å². The Morgan fingerprint density at radius 1 is 1.56 bits per heavy atom. The molecule has 1 heterocycles. The summed E-state index contributed by atoms with van der Waals surface area (Å²) in [5.74, 6) is 0.364. The molecule has 0 aliphatic heterocycles. The van der Waals surface area contributed by atoms with Gasteiger partial charge in [-0.2, -0.15) is 5.21 Å². The maximum atomic E-state index is 11.6. The number of aliphatic imine (C=N–C) groups is 1. The standard InChI is InChI=1S/C9H18N8O/c1-6(10)12-5-3-2-4-7(11)8(18)13-9-14-16-17-15-9/h7H,2-5,11H2,1H3,(H2,10,12)(H2,13,14,15,16,17,18). The monoisotopic (exact) mass is 254 g/mol. The van der Waals surface area contributed by atoms with Gasteiger partial charge < -0.3 is 11.5 Å². The molecule has 1 aromatic rings. The Labute approximate surface area is 104 Å². The zero-order valence-electron chi connectivity index (χ0n) is 10.3. The number of anilines is 1. The number of aromatic amines is 1. The van der Waals surface area contributed by atoms with E-state index in [0.717, 1.165) is 12.8 Å². The van der Waals surface area contributed by atoms with Crippen LogP contribution in [0.2, 0.25) is 0 Å². The van der Waals surface area contributed by atoms with E-state index in [0.29, 0.717) is 18.8 Å². The Balaban J connectivity index is 2.18. The van der Waals surface area contributed by atoms with Crippen LogP contribution in [-0.4, -0.2) is 45.0 Å². The van der Waals surface area contributed by atoms with Crippen LogP contribution in [0, 0.1) is 0 Å². The summed E-state index contributed by atoms with van der Waals surface area (Å²) in [6.07, 6.45) is 2.22. The van der Waals surface area contributed by atoms with Gasteiger partial charge in [-0.25, -0.2) is 0 Å². The molecule has 0 aliphatic carbocycles. The Morgan fingerprint density at radius 2 is 2.33 bits per heavy atom. The van der Waals surface area contributed by atoms with Gasteiger partial charge in [0.15, 0.2) is 0 Å². The zero-order chi connectivity index (χ0) is 13.4. The van der Waals surface area contributed by atoms with Crippen LogP contribution in [0.25, 0.3) is 0 Å². The van der Waals surface area contributed by atoms with E-state index in [2.05, 4.69) is 30.9 Å². The predicted molar refractivity (Wildman–Crippen MR) is 66.8 cm³/mol. The second-order valence-electron chi connectivity index (χ2n) is 3.85. The van der Waals surface area contributed by atoms with E-state index in [1.165, 1.54) is 0 Å². The van der Waals surface area contributed by atoms with Crippen LogP contribution in [0.15, 0.2) is 4.99 Å². The average Bonchev–Trinajstić information content (AvgIpc) is 2.80. The molecule has 0 aliphatic rings. The van der Waals surface area contributed by atoms with Gasteiger partial charge in [0.2, 0.25) is 5.91 Å². The molecule has 1 atom stereocenters. The molecule has 0 fully saturated rings. The first kappa shape index (κ1) is 14.0. The number of carbonyl (C=O) groups is 1. The predicted octanol–water partition coefficient (Wildman–Crippen LogP) is -0.987. The number of hydrogen-bond acceptors (Lipinski definition) is 6. The van der Waals surface area contributed by atoms with Crippen LogP contribution in [0.1, 0.15) is 26.2 Å². The molecule has 9 nitrogen and oxygen atoms in total. The van der Waals surface area contributed by atoms with E-state index in [1.807, 2.05) is 0 Å². The summed E-state index contributed by atoms with van der Waals surface area (Å²) in [7, 11) is 0. The fraction of sp³-hybridized carbons (Fsp3) is 0.667. The first-order valence-electron chi connectivity index (χ1n) is 5.66. The van der Waals surface area contributed by atoms with E-state index in [4.69, 9.17) is 11.5 Å². The van der Waals surface area contributed by atoms with Crippen molar-refractivity contribution in [1.82, 2.24) is 20.6 Å². The molecule has 0 saturated carbocycles. The number of amidine groups is 1. The molecule has 1 unspecified atom stereocenters. The number of nitrogens with two attached hydrogens (primary N) is 2. The molecule has 1 rings (SSSR count). The Morgan fingerprint density at radius 3 is 2.94 bits per heavy atom. The highest BCUT2D eigenvalue weighted by atomic mass is 16.2. The number of rotatable bonds is 7. The number of aromatic nitrogens is 4. The first-order chi connectivity index (χ1) is 8.59. The van der Waals surface area contributed by atoms with Gasteiger partial charge in [-0.1, -0.05) is 5.10 Å². The van der Waals surface area contributed by atoms with Gasteiger partial charge in [-0.3, -0.25) is 15.1 Å². The molecule has 6 N–H and O–H groups in total. The third-order valence-electron chi connectivity index (χ3n) is 2.20. The third kappa shape index (κ3) is 5.34. The van der Waals surface area contributed by atoms with E-state index >= 15 is 0 Å². The van der Waals surface area contributed by atoms with Crippen LogP contribution in [0.3, 0.4) is 0 Å². The quantitative estimate of drug-likeness (QED) is 0.279. The third-order valence-corrected chi connectivity index (χ3v) is 2.20. The van der Waals surface area contributed by atoms with E-state index < -0.39 is 6.04 Å². The number of H-pyrrole nitrogens is 1. The number of carbonyl (C=O) groups excluding carboxylic acids is 1. The lowest BCUT2D eigenvalue weighted by Gasteiger charge is -2.09. The molecule has 18 heavy (non-hydrogen) atoms. The Bertz CT molecular complexity index is 383. The van der Waals surface area contributed by atoms with Gasteiger partial charge in [0.05, 0.1) is 11.9 Å². The van der Waals surface area contributed by atoms with Crippen molar-refractivity contribution in [3.63, 3.8) is 0 Å². The van der Waals surface area contributed by atoms with Gasteiger partial charge in [-0.05, 0) is 31.4 Å². The van der Waals surface area contributed by atoms with Crippen LogP contribution in [0.4, 0.5) is 5.95 Å². The Kier molecular flexibility index (Phi) is 5.71. The SMILES string of the molecule is CC(N)=NCCCCC(N)C(=O)Nc1nn[nH]n1. The first-order valence-corrected chi connectivity index (χ1v) is 5.66. The highest BCUT2D eigenvalue weighted by Gasteiger charge is 2.14. The number of nitrogens with one attached hydrogen (secondary N) is 2. The minimum absolute atomic E-state index is 0.124. The second-order valence-corrected chi connectivity index (χ2v) is 3.85. The molecule has 1 aromatic heterocycles. The molecule has 0 radical (unpaired) electrons. The summed E-state index contributed by atoms with van der Waals surface area (Å²) in [5.41, 5.74) is 11.1.